The Morgan fingerprint density at radius 2 is 1.84 bits per heavy atom. The Morgan fingerprint density at radius 3 is 2.41 bits per heavy atom. The maximum absolute atomic E-state index is 13.5. The number of halogens is 6. The quantitative estimate of drug-likeness (QED) is 0.426. The van der Waals surface area contributed by atoms with E-state index in [4.69, 9.17) is 0 Å². The number of rotatable bonds is 5. The third-order valence-corrected chi connectivity index (χ3v) is 6.41. The normalized spacial score (nSPS) is 17.8. The fourth-order valence-corrected chi connectivity index (χ4v) is 4.46. The lowest BCUT2D eigenvalue weighted by Crippen LogP contribution is -2.38. The molecule has 1 saturated heterocycles. The van der Waals surface area contributed by atoms with Gasteiger partial charge in [-0.25, -0.2) is 4.98 Å². The van der Waals surface area contributed by atoms with E-state index in [1.807, 2.05) is 0 Å². The third-order valence-electron chi connectivity index (χ3n) is 4.88. The molecule has 1 fully saturated rings. The second kappa shape index (κ2) is 8.90. The molecule has 13 heteroatoms. The number of aromatic nitrogens is 2. The Balaban J connectivity index is 2.02. The van der Waals surface area contributed by atoms with E-state index >= 15 is 0 Å². The maximum Gasteiger partial charge on any atom is 0.421 e. The second-order valence-electron chi connectivity index (χ2n) is 7.85. The second-order valence-corrected chi connectivity index (χ2v) is 11.0. The number of benzene rings is 1. The molecule has 2 heterocycles. The number of hydrogen-bond acceptors (Lipinski definition) is 6. The smallest absolute Gasteiger partial charge is 0.350 e. The molecule has 1 aromatic heterocycles. The van der Waals surface area contributed by atoms with Crippen molar-refractivity contribution in [1.82, 2.24) is 15.3 Å². The Morgan fingerprint density at radius 1 is 1.12 bits per heavy atom. The first-order valence-electron chi connectivity index (χ1n) is 9.70. The van der Waals surface area contributed by atoms with E-state index in [0.717, 1.165) is 25.5 Å². The van der Waals surface area contributed by atoms with Gasteiger partial charge in [-0.15, -0.1) is 0 Å². The monoisotopic (exact) mass is 481 g/mol. The van der Waals surface area contributed by atoms with Crippen LogP contribution in [0.25, 0.3) is 0 Å². The maximum atomic E-state index is 13.5. The first-order chi connectivity index (χ1) is 14.7. The predicted octanol–water partition coefficient (Wildman–Crippen LogP) is 4.67. The van der Waals surface area contributed by atoms with Crippen LogP contribution in [0.4, 0.5) is 43.8 Å². The van der Waals surface area contributed by atoms with Crippen LogP contribution in [0, 0.1) is 0 Å². The number of hydrogen-bond donors (Lipinski definition) is 3. The van der Waals surface area contributed by atoms with Crippen molar-refractivity contribution < 1.29 is 30.9 Å². The molecule has 3 N–H and O–H groups in total. The minimum absolute atomic E-state index is 0.0566. The first-order valence-corrected chi connectivity index (χ1v) is 12.3. The van der Waals surface area contributed by atoms with E-state index < -0.39 is 36.4 Å². The van der Waals surface area contributed by atoms with E-state index in [9.17, 15) is 30.9 Å². The number of anilines is 3. The molecule has 6 nitrogen and oxygen atoms in total. The lowest BCUT2D eigenvalue weighted by atomic mass is 10.1. The van der Waals surface area contributed by atoms with Crippen LogP contribution >= 0.6 is 7.14 Å². The molecule has 1 aliphatic rings. The first kappa shape index (κ1) is 24.3. The van der Waals surface area contributed by atoms with Gasteiger partial charge in [-0.05, 0) is 50.9 Å². The van der Waals surface area contributed by atoms with Gasteiger partial charge in [-0.2, -0.15) is 31.3 Å². The lowest BCUT2D eigenvalue weighted by Gasteiger charge is -2.24. The molecule has 0 aliphatic carbocycles. The van der Waals surface area contributed by atoms with Crippen LogP contribution in [0.15, 0.2) is 24.4 Å². The van der Waals surface area contributed by atoms with Gasteiger partial charge in [-0.1, -0.05) is 0 Å². The number of alkyl halides is 6. The van der Waals surface area contributed by atoms with Crippen molar-refractivity contribution in [3.63, 3.8) is 0 Å². The molecule has 0 spiro atoms. The average Bonchev–Trinajstić information content (AvgIpc) is 2.66. The lowest BCUT2D eigenvalue weighted by molar-refractivity contribution is -0.138. The molecule has 0 bridgehead atoms. The molecular formula is C19H22F6N5OP. The van der Waals surface area contributed by atoms with E-state index in [1.165, 1.54) is 13.3 Å². The summed E-state index contributed by atoms with van der Waals surface area (Å²) in [6, 6.07) is 2.27. The summed E-state index contributed by atoms with van der Waals surface area (Å²) in [4.78, 5) is 7.68. The molecule has 176 valence electrons. The van der Waals surface area contributed by atoms with Crippen LogP contribution in [0.1, 0.15) is 24.0 Å². The largest absolute Gasteiger partial charge is 0.421 e. The summed E-state index contributed by atoms with van der Waals surface area (Å²) >= 11 is 0. The summed E-state index contributed by atoms with van der Waals surface area (Å²) in [5, 5.41) is 8.33. The van der Waals surface area contributed by atoms with E-state index in [1.54, 1.807) is 0 Å². The molecule has 0 radical (unpaired) electrons. The molecule has 32 heavy (non-hydrogen) atoms. The number of nitrogens with zero attached hydrogens (tertiary/aromatic N) is 2. The van der Waals surface area contributed by atoms with E-state index in [2.05, 4.69) is 25.9 Å². The molecule has 0 saturated carbocycles. The average molecular weight is 481 g/mol. The van der Waals surface area contributed by atoms with Gasteiger partial charge in [0.05, 0.1) is 11.3 Å². The number of piperidine rings is 1. The SMILES string of the molecule is CP(C)(=O)c1cc(C(F)(F)F)ccc1Nc1nc(NC2CCCNC2)ncc1C(F)(F)F. The van der Waals surface area contributed by atoms with Crippen LogP contribution in [-0.4, -0.2) is 42.4 Å². The Kier molecular flexibility index (Phi) is 6.76. The standard InChI is InChI=1S/C19H22F6N5OP/c1-32(2,31)15-8-11(18(20,21)22)5-6-14(15)29-16-13(19(23,24)25)10-27-17(30-16)28-12-4-3-7-26-9-12/h5-6,8,10,12,26H,3-4,7,9H2,1-2H3,(H2,27,28,29,30). The van der Waals surface area contributed by atoms with Crippen molar-refractivity contribution in [3.8, 4) is 0 Å². The van der Waals surface area contributed by atoms with Crippen LogP contribution < -0.4 is 21.3 Å². The minimum Gasteiger partial charge on any atom is -0.350 e. The summed E-state index contributed by atoms with van der Waals surface area (Å²) < 4.78 is 92.6. The van der Waals surface area contributed by atoms with Crippen molar-refractivity contribution in [2.24, 2.45) is 0 Å². The van der Waals surface area contributed by atoms with Gasteiger partial charge in [0.15, 0.2) is 0 Å². The zero-order valence-electron chi connectivity index (χ0n) is 17.2. The van der Waals surface area contributed by atoms with Gasteiger partial charge in [0.1, 0.15) is 18.5 Å². The summed E-state index contributed by atoms with van der Waals surface area (Å²) in [7, 11) is -3.30. The third kappa shape index (κ3) is 5.92. The van der Waals surface area contributed by atoms with E-state index in [-0.39, 0.29) is 23.0 Å². The van der Waals surface area contributed by atoms with Gasteiger partial charge in [0.2, 0.25) is 5.95 Å². The fourth-order valence-electron chi connectivity index (χ4n) is 3.30. The van der Waals surface area contributed by atoms with Crippen LogP contribution in [0.5, 0.6) is 0 Å². The highest BCUT2D eigenvalue weighted by Crippen LogP contribution is 2.42. The highest BCUT2D eigenvalue weighted by molar-refractivity contribution is 7.70. The van der Waals surface area contributed by atoms with Gasteiger partial charge in [0.25, 0.3) is 0 Å². The van der Waals surface area contributed by atoms with Gasteiger partial charge in [-0.3, -0.25) is 0 Å². The Hall–Kier alpha value is -2.33. The molecule has 1 aromatic carbocycles. The van der Waals surface area contributed by atoms with E-state index in [0.29, 0.717) is 24.9 Å². The van der Waals surface area contributed by atoms with Gasteiger partial charge < -0.3 is 20.5 Å². The predicted molar refractivity (Wildman–Crippen MR) is 110 cm³/mol. The molecule has 2 aromatic rings. The molecule has 1 aliphatic heterocycles. The summed E-state index contributed by atoms with van der Waals surface area (Å²) in [6.07, 6.45) is -7.26. The minimum atomic E-state index is -4.82. The molecule has 3 rings (SSSR count). The van der Waals surface area contributed by atoms with Gasteiger partial charge in [0, 0.05) is 24.1 Å². The molecular weight excluding hydrogens is 459 g/mol. The van der Waals surface area contributed by atoms with Crippen molar-refractivity contribution in [2.45, 2.75) is 31.2 Å². The molecule has 1 atom stereocenters. The van der Waals surface area contributed by atoms with Crippen molar-refractivity contribution >= 4 is 29.9 Å². The molecule has 0 amide bonds. The highest BCUT2D eigenvalue weighted by atomic mass is 31.2. The van der Waals surface area contributed by atoms with Crippen LogP contribution in [0.3, 0.4) is 0 Å². The van der Waals surface area contributed by atoms with Crippen molar-refractivity contribution in [1.29, 1.82) is 0 Å². The zero-order chi connectivity index (χ0) is 23.7. The molecule has 1 unspecified atom stereocenters. The summed E-state index contributed by atoms with van der Waals surface area (Å²) in [6.45, 7) is 3.90. The van der Waals surface area contributed by atoms with Crippen LogP contribution in [-0.2, 0) is 16.9 Å². The van der Waals surface area contributed by atoms with Crippen LogP contribution in [0.2, 0.25) is 0 Å². The zero-order valence-corrected chi connectivity index (χ0v) is 18.1. The van der Waals surface area contributed by atoms with Gasteiger partial charge >= 0.3 is 12.4 Å². The van der Waals surface area contributed by atoms with Crippen molar-refractivity contribution in [2.75, 3.05) is 37.1 Å². The van der Waals surface area contributed by atoms with Crippen molar-refractivity contribution in [3.05, 3.63) is 35.5 Å². The summed E-state index contributed by atoms with van der Waals surface area (Å²) in [5.41, 5.74) is -2.40. The number of nitrogens with one attached hydrogen (secondary N) is 3. The topological polar surface area (TPSA) is 78.9 Å². The Labute approximate surface area is 180 Å². The Bertz CT molecular complexity index is 1010. The summed E-state index contributed by atoms with van der Waals surface area (Å²) in [5.74, 6) is -0.702. The fraction of sp³-hybridized carbons (Fsp3) is 0.474. The highest BCUT2D eigenvalue weighted by Gasteiger charge is 2.37.